The van der Waals surface area contributed by atoms with Crippen LogP contribution in [0.4, 0.5) is 5.69 Å². The number of anilines is 1. The molecule has 0 aromatic heterocycles. The van der Waals surface area contributed by atoms with Gasteiger partial charge >= 0.3 is 0 Å². The van der Waals surface area contributed by atoms with E-state index in [-0.39, 0.29) is 11.9 Å². The first-order valence-electron chi connectivity index (χ1n) is 5.38. The van der Waals surface area contributed by atoms with Gasteiger partial charge in [0.05, 0.1) is 5.75 Å². The maximum absolute atomic E-state index is 11.7. The van der Waals surface area contributed by atoms with Gasteiger partial charge in [0, 0.05) is 21.1 Å². The molecule has 1 unspecified atom stereocenters. The molecule has 0 aliphatic carbocycles. The van der Waals surface area contributed by atoms with E-state index >= 15 is 0 Å². The van der Waals surface area contributed by atoms with Crippen LogP contribution in [0.15, 0.2) is 18.2 Å². The molecule has 3 N–H and O–H groups in total. The van der Waals surface area contributed by atoms with E-state index in [1.807, 2.05) is 32.0 Å². The van der Waals surface area contributed by atoms with E-state index in [0.717, 1.165) is 17.0 Å². The molecule has 1 atom stereocenters. The number of halogens is 1. The predicted molar refractivity (Wildman–Crippen MR) is 83.5 cm³/mol. The highest BCUT2D eigenvalue weighted by Crippen LogP contribution is 2.18. The van der Waals surface area contributed by atoms with Gasteiger partial charge in [-0.05, 0) is 60.2 Å². The van der Waals surface area contributed by atoms with Crippen LogP contribution in [-0.2, 0) is 4.79 Å². The van der Waals surface area contributed by atoms with Gasteiger partial charge in [-0.2, -0.15) is 11.8 Å². The molecule has 0 saturated carbocycles. The summed E-state index contributed by atoms with van der Waals surface area (Å²) in [6, 6.07) is 6.10. The summed E-state index contributed by atoms with van der Waals surface area (Å²) in [4.78, 5) is 11.7. The summed E-state index contributed by atoms with van der Waals surface area (Å²) in [6.07, 6.45) is 0. The Labute approximate surface area is 120 Å². The molecule has 3 nitrogen and oxygen atoms in total. The Morgan fingerprint density at radius 3 is 2.88 bits per heavy atom. The van der Waals surface area contributed by atoms with Gasteiger partial charge in [-0.25, -0.2) is 0 Å². The van der Waals surface area contributed by atoms with Gasteiger partial charge in [0.1, 0.15) is 0 Å². The summed E-state index contributed by atoms with van der Waals surface area (Å²) in [5.74, 6) is 1.28. The Bertz CT molecular complexity index is 396. The van der Waals surface area contributed by atoms with E-state index < -0.39 is 0 Å². The molecule has 1 aromatic rings. The Hall–Kier alpha value is -0.270. The largest absolute Gasteiger partial charge is 0.327 e. The molecular weight excluding hydrogens is 347 g/mol. The first-order chi connectivity index (χ1) is 7.99. The third-order valence-electron chi connectivity index (χ3n) is 2.08. The molecule has 0 fully saturated rings. The Morgan fingerprint density at radius 2 is 2.29 bits per heavy atom. The average molecular weight is 364 g/mol. The van der Waals surface area contributed by atoms with Crippen LogP contribution in [0.2, 0.25) is 0 Å². The van der Waals surface area contributed by atoms with Crippen LogP contribution < -0.4 is 11.1 Å². The quantitative estimate of drug-likeness (QED) is 0.790. The first-order valence-corrected chi connectivity index (χ1v) is 7.61. The van der Waals surface area contributed by atoms with Gasteiger partial charge in [-0.1, -0.05) is 0 Å². The van der Waals surface area contributed by atoms with Crippen LogP contribution in [0.5, 0.6) is 0 Å². The third kappa shape index (κ3) is 5.74. The molecule has 0 spiro atoms. The van der Waals surface area contributed by atoms with Gasteiger partial charge in [-0.15, -0.1) is 0 Å². The predicted octanol–water partition coefficient (Wildman–Crippen LogP) is 2.62. The maximum Gasteiger partial charge on any atom is 0.234 e. The number of nitrogens with one attached hydrogen (secondary N) is 1. The zero-order valence-corrected chi connectivity index (χ0v) is 13.0. The molecule has 5 heteroatoms. The highest BCUT2D eigenvalue weighted by molar-refractivity contribution is 14.1. The number of hydrogen-bond acceptors (Lipinski definition) is 3. The summed E-state index contributed by atoms with van der Waals surface area (Å²) in [5, 5.41) is 2.91. The zero-order valence-electron chi connectivity index (χ0n) is 10.00. The number of carbonyl (C=O) groups is 1. The van der Waals surface area contributed by atoms with Crippen LogP contribution in [0.3, 0.4) is 0 Å². The minimum atomic E-state index is 0.0277. The Kier molecular flexibility index (Phi) is 6.29. The number of rotatable bonds is 5. The van der Waals surface area contributed by atoms with Crippen molar-refractivity contribution < 1.29 is 4.79 Å². The number of benzene rings is 1. The summed E-state index contributed by atoms with van der Waals surface area (Å²) in [6.45, 7) is 3.93. The van der Waals surface area contributed by atoms with Crippen LogP contribution in [0.1, 0.15) is 12.5 Å². The van der Waals surface area contributed by atoms with Crippen molar-refractivity contribution in [2.45, 2.75) is 19.9 Å². The summed E-state index contributed by atoms with van der Waals surface area (Å²) < 4.78 is 1.17. The molecular formula is C12H17IN2OS. The van der Waals surface area contributed by atoms with Crippen molar-refractivity contribution in [1.82, 2.24) is 0 Å². The molecule has 0 heterocycles. The van der Waals surface area contributed by atoms with Crippen LogP contribution >= 0.6 is 34.4 Å². The van der Waals surface area contributed by atoms with E-state index in [4.69, 9.17) is 5.73 Å². The van der Waals surface area contributed by atoms with Crippen molar-refractivity contribution in [3.05, 3.63) is 27.3 Å². The second-order valence-electron chi connectivity index (χ2n) is 4.00. The van der Waals surface area contributed by atoms with E-state index in [1.165, 1.54) is 3.57 Å². The van der Waals surface area contributed by atoms with Gasteiger partial charge in [0.25, 0.3) is 0 Å². The first kappa shape index (κ1) is 14.8. The third-order valence-corrected chi connectivity index (χ3v) is 3.98. The summed E-state index contributed by atoms with van der Waals surface area (Å²) in [7, 11) is 0. The topological polar surface area (TPSA) is 55.1 Å². The van der Waals surface area contributed by atoms with Gasteiger partial charge in [0.15, 0.2) is 0 Å². The van der Waals surface area contributed by atoms with Crippen molar-refractivity contribution in [1.29, 1.82) is 0 Å². The van der Waals surface area contributed by atoms with E-state index in [1.54, 1.807) is 11.8 Å². The number of aryl methyl sites for hydroxylation is 1. The molecule has 0 aliphatic rings. The minimum Gasteiger partial charge on any atom is -0.327 e. The number of carbonyl (C=O) groups excluding carboxylic acids is 1. The van der Waals surface area contributed by atoms with Crippen LogP contribution in [0.25, 0.3) is 0 Å². The van der Waals surface area contributed by atoms with Crippen molar-refractivity contribution in [3.8, 4) is 0 Å². The molecule has 1 rings (SSSR count). The molecule has 0 aliphatic heterocycles. The fourth-order valence-corrected chi connectivity index (χ4v) is 2.69. The van der Waals surface area contributed by atoms with Crippen LogP contribution in [0, 0.1) is 10.5 Å². The number of nitrogens with two attached hydrogens (primary N) is 1. The fraction of sp³-hybridized carbons (Fsp3) is 0.417. The molecule has 94 valence electrons. The molecule has 0 radical (unpaired) electrons. The lowest BCUT2D eigenvalue weighted by Crippen LogP contribution is -2.20. The van der Waals surface area contributed by atoms with Gasteiger partial charge in [0.2, 0.25) is 5.91 Å². The van der Waals surface area contributed by atoms with Crippen LogP contribution in [-0.4, -0.2) is 23.5 Å². The summed E-state index contributed by atoms with van der Waals surface area (Å²) >= 11 is 3.81. The van der Waals surface area contributed by atoms with Crippen molar-refractivity contribution in [2.75, 3.05) is 16.8 Å². The normalized spacial score (nSPS) is 12.2. The molecule has 0 bridgehead atoms. The number of hydrogen-bond donors (Lipinski definition) is 2. The lowest BCUT2D eigenvalue weighted by Gasteiger charge is -2.09. The van der Waals surface area contributed by atoms with Crippen molar-refractivity contribution in [2.24, 2.45) is 5.73 Å². The monoisotopic (exact) mass is 364 g/mol. The molecule has 17 heavy (non-hydrogen) atoms. The van der Waals surface area contributed by atoms with Gasteiger partial charge < -0.3 is 11.1 Å². The Morgan fingerprint density at radius 1 is 1.59 bits per heavy atom. The highest BCUT2D eigenvalue weighted by Gasteiger charge is 2.05. The summed E-state index contributed by atoms with van der Waals surface area (Å²) in [5.41, 5.74) is 7.59. The second kappa shape index (κ2) is 7.23. The smallest absolute Gasteiger partial charge is 0.234 e. The zero-order chi connectivity index (χ0) is 12.8. The SMILES string of the molecule is Cc1cc(I)ccc1NC(=O)CSCC(C)N. The number of amides is 1. The van der Waals surface area contributed by atoms with Gasteiger partial charge in [-0.3, -0.25) is 4.79 Å². The minimum absolute atomic E-state index is 0.0277. The van der Waals surface area contributed by atoms with Crippen molar-refractivity contribution >= 4 is 45.9 Å². The lowest BCUT2D eigenvalue weighted by molar-refractivity contribution is -0.113. The molecule has 1 amide bonds. The molecule has 0 saturated heterocycles. The van der Waals surface area contributed by atoms with E-state index in [0.29, 0.717) is 5.75 Å². The highest BCUT2D eigenvalue weighted by atomic mass is 127. The standard InChI is InChI=1S/C12H17IN2OS/c1-8-5-10(13)3-4-11(8)15-12(16)7-17-6-9(2)14/h3-5,9H,6-7,14H2,1-2H3,(H,15,16). The van der Waals surface area contributed by atoms with E-state index in [9.17, 15) is 4.79 Å². The second-order valence-corrected chi connectivity index (χ2v) is 6.28. The molecule has 1 aromatic carbocycles. The fourth-order valence-electron chi connectivity index (χ4n) is 1.29. The number of thioether (sulfide) groups is 1. The Balaban J connectivity index is 2.45. The lowest BCUT2D eigenvalue weighted by atomic mass is 10.2. The van der Waals surface area contributed by atoms with E-state index in [2.05, 4.69) is 27.9 Å². The average Bonchev–Trinajstić information content (AvgIpc) is 2.21. The van der Waals surface area contributed by atoms with Crippen molar-refractivity contribution in [3.63, 3.8) is 0 Å². The maximum atomic E-state index is 11.7.